The standard InChI is InChI=1S/C32H52F2N6O4/c1-5-25(42)38-11-12-39(18(4)15-38)30-21-14-23(34)28-26-22(33)7-6-8-24(26)44-16-20(41)13-19-9-10-35-27(17(2)3)29(19)40(31(21)36-28)32(43)37-30/h5,17-24,26-31,35-36,41H,1,6-16H2,2-4H3,(H,37,43). The van der Waals surface area contributed by atoms with E-state index in [1.54, 1.807) is 4.90 Å². The lowest BCUT2D eigenvalue weighted by Crippen LogP contribution is -2.80. The van der Waals surface area contributed by atoms with Crippen molar-refractivity contribution in [1.82, 2.24) is 30.7 Å². The van der Waals surface area contributed by atoms with Crippen LogP contribution in [0.1, 0.15) is 59.3 Å². The first-order valence-corrected chi connectivity index (χ1v) is 16.9. The Balaban J connectivity index is 1.39. The van der Waals surface area contributed by atoms with Crippen molar-refractivity contribution in [2.75, 3.05) is 32.8 Å². The quantitative estimate of drug-likeness (QED) is 0.357. The second-order valence-corrected chi connectivity index (χ2v) is 14.5. The fraction of sp³-hybridized carbons (Fsp3) is 0.875. The van der Waals surface area contributed by atoms with Crippen LogP contribution < -0.4 is 16.0 Å². The highest BCUT2D eigenvalue weighted by atomic mass is 19.1. The number of piperazine rings is 1. The summed E-state index contributed by atoms with van der Waals surface area (Å²) in [5.74, 6) is -0.924. The average molecular weight is 623 g/mol. The lowest BCUT2D eigenvalue weighted by Gasteiger charge is -2.60. The van der Waals surface area contributed by atoms with Crippen LogP contribution in [0.25, 0.3) is 0 Å². The molecule has 0 aromatic carbocycles. The van der Waals surface area contributed by atoms with Crippen molar-refractivity contribution in [3.8, 4) is 0 Å². The van der Waals surface area contributed by atoms with Crippen molar-refractivity contribution >= 4 is 11.9 Å². The molecule has 3 amide bonds. The van der Waals surface area contributed by atoms with Crippen LogP contribution in [0.3, 0.4) is 0 Å². The lowest BCUT2D eigenvalue weighted by atomic mass is 9.72. The molecule has 1 aliphatic carbocycles. The van der Waals surface area contributed by atoms with Crippen molar-refractivity contribution < 1.29 is 28.2 Å². The maximum absolute atomic E-state index is 16.5. The molecule has 44 heavy (non-hydrogen) atoms. The molecule has 1 saturated carbocycles. The van der Waals surface area contributed by atoms with Crippen LogP contribution in [0.2, 0.25) is 0 Å². The molecule has 13 atom stereocenters. The van der Waals surface area contributed by atoms with Crippen LogP contribution >= 0.6 is 0 Å². The molecule has 0 spiro atoms. The van der Waals surface area contributed by atoms with Gasteiger partial charge in [-0.2, -0.15) is 0 Å². The first-order valence-electron chi connectivity index (χ1n) is 16.9. The van der Waals surface area contributed by atoms with Crippen LogP contribution in [-0.2, 0) is 9.53 Å². The molecule has 2 bridgehead atoms. The van der Waals surface area contributed by atoms with Crippen LogP contribution in [0.5, 0.6) is 0 Å². The van der Waals surface area contributed by atoms with Gasteiger partial charge in [0.25, 0.3) is 0 Å². The topological polar surface area (TPSA) is 109 Å². The van der Waals surface area contributed by atoms with E-state index in [0.29, 0.717) is 45.3 Å². The number of nitrogens with one attached hydrogen (secondary N) is 3. The number of ether oxygens (including phenoxy) is 1. The van der Waals surface area contributed by atoms with E-state index in [2.05, 4.69) is 41.3 Å². The van der Waals surface area contributed by atoms with Crippen molar-refractivity contribution in [3.05, 3.63) is 12.7 Å². The highest BCUT2D eigenvalue weighted by Crippen LogP contribution is 2.43. The molecule has 5 saturated heterocycles. The molecular formula is C32H52F2N6O4. The van der Waals surface area contributed by atoms with Gasteiger partial charge < -0.3 is 30.3 Å². The Morgan fingerprint density at radius 1 is 1.14 bits per heavy atom. The van der Waals surface area contributed by atoms with Crippen molar-refractivity contribution in [3.63, 3.8) is 0 Å². The predicted octanol–water partition coefficient (Wildman–Crippen LogP) is 1.99. The molecule has 10 nitrogen and oxygen atoms in total. The first-order chi connectivity index (χ1) is 21.1. The molecule has 248 valence electrons. The summed E-state index contributed by atoms with van der Waals surface area (Å²) < 4.78 is 38.5. The molecule has 5 heterocycles. The number of rotatable bonds is 3. The largest absolute Gasteiger partial charge is 0.391 e. The van der Waals surface area contributed by atoms with Crippen LogP contribution in [-0.4, -0.2) is 126 Å². The third-order valence-electron chi connectivity index (χ3n) is 11.5. The van der Waals surface area contributed by atoms with E-state index >= 15 is 8.78 Å². The van der Waals surface area contributed by atoms with Gasteiger partial charge in [0.1, 0.15) is 12.3 Å². The zero-order valence-electron chi connectivity index (χ0n) is 26.4. The summed E-state index contributed by atoms with van der Waals surface area (Å²) in [4.78, 5) is 32.6. The predicted molar refractivity (Wildman–Crippen MR) is 162 cm³/mol. The van der Waals surface area contributed by atoms with Crippen molar-refractivity contribution in [1.29, 1.82) is 0 Å². The number of hydrogen-bond donors (Lipinski definition) is 4. The van der Waals surface area contributed by atoms with Crippen LogP contribution in [0.15, 0.2) is 12.7 Å². The number of halogens is 2. The van der Waals surface area contributed by atoms with Gasteiger partial charge in [0, 0.05) is 49.6 Å². The molecule has 5 aliphatic heterocycles. The summed E-state index contributed by atoms with van der Waals surface area (Å²) in [6.45, 7) is 12.3. The van der Waals surface area contributed by atoms with Gasteiger partial charge in [-0.1, -0.05) is 20.4 Å². The minimum atomic E-state index is -1.34. The van der Waals surface area contributed by atoms with E-state index in [1.807, 2.05) is 11.8 Å². The lowest BCUT2D eigenvalue weighted by molar-refractivity contribution is -0.138. The number of piperidine rings is 2. The van der Waals surface area contributed by atoms with E-state index in [-0.39, 0.29) is 60.8 Å². The number of carbonyl (C=O) groups excluding carboxylic acids is 2. The summed E-state index contributed by atoms with van der Waals surface area (Å²) in [7, 11) is 0. The van der Waals surface area contributed by atoms with Crippen molar-refractivity contribution in [2.24, 2.45) is 23.7 Å². The zero-order chi connectivity index (χ0) is 31.3. The highest BCUT2D eigenvalue weighted by molar-refractivity contribution is 5.87. The Bertz CT molecular complexity index is 1070. The number of alkyl halides is 2. The molecule has 6 aliphatic rings. The number of urea groups is 1. The van der Waals surface area contributed by atoms with Gasteiger partial charge in [0.2, 0.25) is 5.91 Å². The Hall–Kier alpha value is -1.86. The average Bonchev–Trinajstić information content (AvgIpc) is 2.99. The molecule has 4 N–H and O–H groups in total. The Kier molecular flexibility index (Phi) is 9.55. The molecule has 6 rings (SSSR count). The maximum atomic E-state index is 16.5. The normalized spacial score (nSPS) is 45.3. The van der Waals surface area contributed by atoms with Gasteiger partial charge in [-0.25, -0.2) is 13.6 Å². The molecular weight excluding hydrogens is 570 g/mol. The summed E-state index contributed by atoms with van der Waals surface area (Å²) >= 11 is 0. The van der Waals surface area contributed by atoms with Gasteiger partial charge in [-0.3, -0.25) is 15.0 Å². The highest BCUT2D eigenvalue weighted by Gasteiger charge is 2.57. The Morgan fingerprint density at radius 2 is 1.93 bits per heavy atom. The molecule has 12 heteroatoms. The SMILES string of the molecule is C=CC(=O)N1CCN(C2NC(=O)N3C4NC(C(F)CC24)C2C(F)CCCC2OCC(O)CC2CCNC(C(C)C)C23)C(C)C1. The summed E-state index contributed by atoms with van der Waals surface area (Å²) in [5.41, 5.74) is 0. The third-order valence-corrected chi connectivity index (χ3v) is 11.5. The van der Waals surface area contributed by atoms with E-state index in [4.69, 9.17) is 4.74 Å². The fourth-order valence-electron chi connectivity index (χ4n) is 9.44. The van der Waals surface area contributed by atoms with Crippen LogP contribution in [0, 0.1) is 23.7 Å². The maximum Gasteiger partial charge on any atom is 0.320 e. The second kappa shape index (κ2) is 13.1. The van der Waals surface area contributed by atoms with Gasteiger partial charge in [-0.15, -0.1) is 0 Å². The fourth-order valence-corrected chi connectivity index (χ4v) is 9.44. The van der Waals surface area contributed by atoms with Crippen molar-refractivity contribution in [2.45, 2.75) is 120 Å². The van der Waals surface area contributed by atoms with Gasteiger partial charge in [0.05, 0.1) is 37.2 Å². The third kappa shape index (κ3) is 5.89. The van der Waals surface area contributed by atoms with Gasteiger partial charge >= 0.3 is 6.03 Å². The van der Waals surface area contributed by atoms with Gasteiger partial charge in [-0.05, 0) is 69.9 Å². The zero-order valence-corrected chi connectivity index (χ0v) is 26.4. The molecule has 0 aromatic rings. The number of carbonyl (C=O) groups is 2. The molecule has 6 fully saturated rings. The second-order valence-electron chi connectivity index (χ2n) is 14.5. The van der Waals surface area contributed by atoms with E-state index < -0.39 is 48.8 Å². The summed E-state index contributed by atoms with van der Waals surface area (Å²) in [5, 5.41) is 21.7. The molecule has 0 aromatic heterocycles. The first kappa shape index (κ1) is 32.1. The van der Waals surface area contributed by atoms with Gasteiger partial charge in [0.15, 0.2) is 0 Å². The number of nitrogens with zero attached hydrogens (tertiary/aromatic N) is 3. The molecule has 0 radical (unpaired) electrons. The summed E-state index contributed by atoms with van der Waals surface area (Å²) in [6.07, 6.45) is -0.379. The number of aliphatic hydroxyl groups is 1. The van der Waals surface area contributed by atoms with E-state index in [1.165, 1.54) is 6.08 Å². The monoisotopic (exact) mass is 622 g/mol. The minimum Gasteiger partial charge on any atom is -0.391 e. The number of hydrogen-bond acceptors (Lipinski definition) is 7. The molecule has 13 unspecified atom stereocenters. The number of aliphatic hydroxyl groups excluding tert-OH is 1. The Morgan fingerprint density at radius 3 is 2.66 bits per heavy atom. The smallest absolute Gasteiger partial charge is 0.320 e. The Labute approximate surface area is 260 Å². The number of fused-ring (bicyclic) bond motifs is 5. The summed E-state index contributed by atoms with van der Waals surface area (Å²) in [6, 6.07) is -1.38. The van der Waals surface area contributed by atoms with E-state index in [0.717, 1.165) is 13.0 Å². The number of amides is 3. The minimum absolute atomic E-state index is 0.0106. The van der Waals surface area contributed by atoms with Crippen LogP contribution in [0.4, 0.5) is 13.6 Å². The van der Waals surface area contributed by atoms with E-state index in [9.17, 15) is 14.7 Å².